The van der Waals surface area contributed by atoms with Gasteiger partial charge < -0.3 is 20.9 Å². The molecule has 0 aliphatic carbocycles. The van der Waals surface area contributed by atoms with Gasteiger partial charge in [-0.15, -0.1) is 11.8 Å². The molecule has 9 heteroatoms. The second-order valence-corrected chi connectivity index (χ2v) is 8.36. The van der Waals surface area contributed by atoms with Gasteiger partial charge in [0.2, 0.25) is 11.8 Å². The molecule has 3 aliphatic heterocycles. The van der Waals surface area contributed by atoms with Crippen molar-refractivity contribution in [1.82, 2.24) is 20.1 Å². The quantitative estimate of drug-likeness (QED) is 0.720. The summed E-state index contributed by atoms with van der Waals surface area (Å²) in [6, 6.07) is 3.97. The van der Waals surface area contributed by atoms with E-state index in [-0.39, 0.29) is 11.9 Å². The lowest BCUT2D eigenvalue weighted by atomic mass is 10.1. The second kappa shape index (κ2) is 8.04. The number of nitrogens with zero attached hydrogens (tertiary/aromatic N) is 4. The molecular weight excluding hydrogens is 364 g/mol. The topological polar surface area (TPSA) is 94.8 Å². The Bertz CT molecular complexity index is 686. The predicted molar refractivity (Wildman–Crippen MR) is 106 cm³/mol. The maximum Gasteiger partial charge on any atom is 0.250 e. The number of rotatable bonds is 4. The highest BCUT2D eigenvalue weighted by atomic mass is 32.2. The number of aromatic nitrogens is 1. The highest BCUT2D eigenvalue weighted by Gasteiger charge is 2.36. The fourth-order valence-electron chi connectivity index (χ4n) is 4.03. The molecule has 0 spiro atoms. The maximum absolute atomic E-state index is 12.6. The molecule has 0 unspecified atom stereocenters. The third kappa shape index (κ3) is 4.04. The van der Waals surface area contributed by atoms with Crippen LogP contribution >= 0.6 is 11.8 Å². The first kappa shape index (κ1) is 18.5. The number of piperazine rings is 1. The Morgan fingerprint density at radius 3 is 2.63 bits per heavy atom. The van der Waals surface area contributed by atoms with E-state index >= 15 is 0 Å². The summed E-state index contributed by atoms with van der Waals surface area (Å²) in [5, 5.41) is 3.43. The zero-order chi connectivity index (χ0) is 18.8. The van der Waals surface area contributed by atoms with Crippen molar-refractivity contribution in [2.24, 2.45) is 5.73 Å². The third-order valence-electron chi connectivity index (χ3n) is 5.66. The molecule has 1 aromatic rings. The normalized spacial score (nSPS) is 26.5. The van der Waals surface area contributed by atoms with Gasteiger partial charge in [-0.2, -0.15) is 0 Å². The predicted octanol–water partition coefficient (Wildman–Crippen LogP) is -0.434. The number of thioether (sulfide) groups is 1. The van der Waals surface area contributed by atoms with Crippen molar-refractivity contribution in [3.8, 4) is 0 Å². The first-order valence-corrected chi connectivity index (χ1v) is 10.6. The van der Waals surface area contributed by atoms with Gasteiger partial charge in [-0.25, -0.2) is 4.98 Å². The summed E-state index contributed by atoms with van der Waals surface area (Å²) in [6.45, 7) is 5.44. The van der Waals surface area contributed by atoms with Crippen LogP contribution in [0.5, 0.6) is 0 Å². The van der Waals surface area contributed by atoms with Crippen molar-refractivity contribution >= 4 is 29.4 Å². The van der Waals surface area contributed by atoms with E-state index in [4.69, 9.17) is 5.73 Å². The highest BCUT2D eigenvalue weighted by molar-refractivity contribution is 7.99. The van der Waals surface area contributed by atoms with E-state index in [1.54, 1.807) is 6.07 Å². The van der Waals surface area contributed by atoms with E-state index in [1.807, 2.05) is 22.7 Å². The lowest BCUT2D eigenvalue weighted by Gasteiger charge is -2.38. The molecule has 0 saturated carbocycles. The van der Waals surface area contributed by atoms with E-state index in [0.717, 1.165) is 63.1 Å². The Morgan fingerprint density at radius 2 is 2.00 bits per heavy atom. The van der Waals surface area contributed by atoms with Gasteiger partial charge in [0.15, 0.2) is 0 Å². The number of nitrogens with one attached hydrogen (secondary N) is 1. The summed E-state index contributed by atoms with van der Waals surface area (Å²) >= 11 is 1.83. The number of anilines is 1. The summed E-state index contributed by atoms with van der Waals surface area (Å²) in [4.78, 5) is 34.8. The molecule has 2 atom stereocenters. The van der Waals surface area contributed by atoms with Crippen molar-refractivity contribution in [1.29, 1.82) is 0 Å². The molecule has 146 valence electrons. The molecule has 1 aromatic heterocycles. The van der Waals surface area contributed by atoms with Crippen LogP contribution in [0, 0.1) is 0 Å². The average molecular weight is 391 g/mol. The standard InChI is InChI=1S/C18H26N6O2S/c19-17(25)13-1-2-16(21-10-13)23-5-3-22(4-6-23)14-9-15(20-11-14)18(26)24-7-8-27-12-24/h1-2,10,14-15,20H,3-9,11-12H2,(H2,19,25)/t14-,15-/m0/s1. The van der Waals surface area contributed by atoms with Gasteiger partial charge in [-0.3, -0.25) is 14.5 Å². The van der Waals surface area contributed by atoms with Crippen LogP contribution in [-0.4, -0.2) is 89.6 Å². The Hall–Kier alpha value is -1.84. The van der Waals surface area contributed by atoms with Crippen LogP contribution in [-0.2, 0) is 4.79 Å². The molecule has 3 fully saturated rings. The zero-order valence-corrected chi connectivity index (χ0v) is 16.2. The lowest BCUT2D eigenvalue weighted by molar-refractivity contribution is -0.131. The number of nitrogens with two attached hydrogens (primary N) is 1. The monoisotopic (exact) mass is 390 g/mol. The Kier molecular flexibility index (Phi) is 5.51. The van der Waals surface area contributed by atoms with Gasteiger partial charge >= 0.3 is 0 Å². The molecule has 3 N–H and O–H groups in total. The Morgan fingerprint density at radius 1 is 1.19 bits per heavy atom. The fourth-order valence-corrected chi connectivity index (χ4v) is 4.98. The first-order valence-electron chi connectivity index (χ1n) is 9.46. The van der Waals surface area contributed by atoms with Gasteiger partial charge in [0, 0.05) is 57.3 Å². The van der Waals surface area contributed by atoms with Crippen molar-refractivity contribution in [3.05, 3.63) is 23.9 Å². The molecule has 8 nitrogen and oxygen atoms in total. The number of primary amides is 1. The number of carbonyl (C=O) groups excluding carboxylic acids is 2. The van der Waals surface area contributed by atoms with E-state index < -0.39 is 5.91 Å². The molecule has 0 radical (unpaired) electrons. The third-order valence-corrected chi connectivity index (χ3v) is 6.62. The molecule has 4 heterocycles. The number of hydrogen-bond acceptors (Lipinski definition) is 7. The van der Waals surface area contributed by atoms with Crippen molar-refractivity contribution in [3.63, 3.8) is 0 Å². The molecule has 0 bridgehead atoms. The largest absolute Gasteiger partial charge is 0.366 e. The molecular formula is C18H26N6O2S. The highest BCUT2D eigenvalue weighted by Crippen LogP contribution is 2.22. The second-order valence-electron chi connectivity index (χ2n) is 7.28. The minimum absolute atomic E-state index is 0.0326. The van der Waals surface area contributed by atoms with E-state index in [2.05, 4.69) is 20.1 Å². The zero-order valence-electron chi connectivity index (χ0n) is 15.3. The van der Waals surface area contributed by atoms with Gasteiger partial charge in [-0.05, 0) is 18.6 Å². The minimum atomic E-state index is -0.454. The summed E-state index contributed by atoms with van der Waals surface area (Å²) < 4.78 is 0. The van der Waals surface area contributed by atoms with E-state index in [1.165, 1.54) is 6.20 Å². The summed E-state index contributed by atoms with van der Waals surface area (Å²) in [5.74, 6) is 2.58. The summed E-state index contributed by atoms with van der Waals surface area (Å²) in [6.07, 6.45) is 2.43. The van der Waals surface area contributed by atoms with Crippen LogP contribution in [0.15, 0.2) is 18.3 Å². The van der Waals surface area contributed by atoms with Gasteiger partial charge in [0.25, 0.3) is 0 Å². The van der Waals surface area contributed by atoms with Crippen LogP contribution < -0.4 is 16.0 Å². The molecule has 2 amide bonds. The first-order chi connectivity index (χ1) is 13.1. The van der Waals surface area contributed by atoms with Crippen molar-refractivity contribution < 1.29 is 9.59 Å². The van der Waals surface area contributed by atoms with Gasteiger partial charge in [0.1, 0.15) is 5.82 Å². The smallest absolute Gasteiger partial charge is 0.250 e. The number of amides is 2. The summed E-state index contributed by atoms with van der Waals surface area (Å²) in [5.41, 5.74) is 5.70. The van der Waals surface area contributed by atoms with Crippen LogP contribution in [0.1, 0.15) is 16.8 Å². The van der Waals surface area contributed by atoms with Crippen LogP contribution in [0.3, 0.4) is 0 Å². The van der Waals surface area contributed by atoms with Crippen LogP contribution in [0.4, 0.5) is 5.82 Å². The van der Waals surface area contributed by atoms with E-state index in [0.29, 0.717) is 11.6 Å². The fraction of sp³-hybridized carbons (Fsp3) is 0.611. The number of carbonyl (C=O) groups is 2. The summed E-state index contributed by atoms with van der Waals surface area (Å²) in [7, 11) is 0. The van der Waals surface area contributed by atoms with Crippen molar-refractivity contribution in [2.75, 3.05) is 55.8 Å². The number of pyridine rings is 1. The lowest BCUT2D eigenvalue weighted by Crippen LogP contribution is -2.51. The van der Waals surface area contributed by atoms with Crippen LogP contribution in [0.25, 0.3) is 0 Å². The molecule has 4 rings (SSSR count). The Labute approximate surface area is 163 Å². The van der Waals surface area contributed by atoms with Gasteiger partial charge in [0.05, 0.1) is 17.5 Å². The van der Waals surface area contributed by atoms with E-state index in [9.17, 15) is 9.59 Å². The SMILES string of the molecule is NC(=O)c1ccc(N2CCN([C@@H]3CN[C@H](C(=O)N4CCSC4)C3)CC2)nc1. The molecule has 0 aromatic carbocycles. The Balaban J connectivity index is 1.28. The average Bonchev–Trinajstić information content (AvgIpc) is 3.40. The molecule has 3 saturated heterocycles. The van der Waals surface area contributed by atoms with Crippen LogP contribution in [0.2, 0.25) is 0 Å². The molecule has 3 aliphatic rings. The molecule has 27 heavy (non-hydrogen) atoms. The minimum Gasteiger partial charge on any atom is -0.366 e. The number of hydrogen-bond donors (Lipinski definition) is 2. The van der Waals surface area contributed by atoms with Crippen molar-refractivity contribution in [2.45, 2.75) is 18.5 Å². The van der Waals surface area contributed by atoms with Gasteiger partial charge in [-0.1, -0.05) is 0 Å². The maximum atomic E-state index is 12.6.